The number of nitrogens with one attached hydrogen (secondary N) is 1. The Morgan fingerprint density at radius 2 is 1.92 bits per heavy atom. The smallest absolute Gasteiger partial charge is 0.392 e. The van der Waals surface area contributed by atoms with Crippen molar-refractivity contribution in [3.05, 3.63) is 39.1 Å². The lowest BCUT2D eigenvalue weighted by molar-refractivity contribution is -0.696. The molecule has 6 N–H and O–H groups in total. The van der Waals surface area contributed by atoms with Gasteiger partial charge in [-0.05, 0) is 12.1 Å². The van der Waals surface area contributed by atoms with Crippen LogP contribution in [-0.2, 0) is 21.4 Å². The van der Waals surface area contributed by atoms with Crippen molar-refractivity contribution >= 4 is 99.8 Å². The minimum absolute atomic E-state index is 0.0270. The molecule has 1 saturated heterocycles. The van der Waals surface area contributed by atoms with Gasteiger partial charge in [0.25, 0.3) is 5.91 Å². The summed E-state index contributed by atoms with van der Waals surface area (Å²) in [7, 11) is 1.75. The van der Waals surface area contributed by atoms with Gasteiger partial charge >= 0.3 is 11.9 Å². The third-order valence-corrected chi connectivity index (χ3v) is 10.3. The van der Waals surface area contributed by atoms with Crippen molar-refractivity contribution < 1.29 is 24.1 Å². The maximum Gasteiger partial charge on any atom is 0.392 e. The molecule has 1 fully saturated rings. The minimum atomic E-state index is -1.19. The van der Waals surface area contributed by atoms with Crippen LogP contribution in [0.2, 0.25) is 10.3 Å². The molecule has 17 heteroatoms. The van der Waals surface area contributed by atoms with Crippen molar-refractivity contribution in [3.8, 4) is 0 Å². The van der Waals surface area contributed by atoms with E-state index in [2.05, 4.69) is 15.3 Å². The zero-order valence-electron chi connectivity index (χ0n) is 19.0. The maximum atomic E-state index is 12.9. The highest BCUT2D eigenvalue weighted by Gasteiger charge is 2.54. The van der Waals surface area contributed by atoms with Crippen LogP contribution in [0.4, 0.5) is 11.8 Å². The number of carbonyl (C=O) groups excluding carboxylic acids is 2. The fourth-order valence-corrected chi connectivity index (χ4v) is 8.66. The number of nitrogens with two attached hydrogens (primary N) is 2. The molecule has 196 valence electrons. The molecule has 4 heterocycles. The van der Waals surface area contributed by atoms with Gasteiger partial charge in [0, 0.05) is 21.6 Å². The van der Waals surface area contributed by atoms with E-state index in [4.69, 9.17) is 34.7 Å². The van der Waals surface area contributed by atoms with E-state index in [0.717, 1.165) is 5.03 Å². The largest absolute Gasteiger partial charge is 0.477 e. The van der Waals surface area contributed by atoms with Crippen LogP contribution in [-0.4, -0.2) is 65.8 Å². The fraction of sp³-hybridized carbons (Fsp3) is 0.300. The zero-order valence-corrected chi connectivity index (χ0v) is 23.8. The number of hydrogen-bond acceptors (Lipinski definition) is 11. The molecule has 2 aliphatic heterocycles. The van der Waals surface area contributed by atoms with Gasteiger partial charge in [0.2, 0.25) is 11.7 Å². The van der Waals surface area contributed by atoms with E-state index in [1.807, 2.05) is 0 Å². The first-order chi connectivity index (χ1) is 17.5. The number of anilines is 2. The summed E-state index contributed by atoms with van der Waals surface area (Å²) in [6.07, 6.45) is 0. The molecular formula is C20H20Cl2N7O4S4+. The lowest BCUT2D eigenvalue weighted by Gasteiger charge is -2.49. The summed E-state index contributed by atoms with van der Waals surface area (Å²) in [6.45, 7) is 0. The summed E-state index contributed by atoms with van der Waals surface area (Å²) in [5, 5.41) is 13.7. The third kappa shape index (κ3) is 6.34. The van der Waals surface area contributed by atoms with Crippen molar-refractivity contribution in [2.75, 3.05) is 28.1 Å². The fourth-order valence-electron chi connectivity index (χ4n) is 3.47. The zero-order chi connectivity index (χ0) is 26.9. The lowest BCUT2D eigenvalue weighted by Crippen LogP contribution is -2.70. The second-order valence-electron chi connectivity index (χ2n) is 7.61. The van der Waals surface area contributed by atoms with Crippen molar-refractivity contribution in [3.63, 3.8) is 0 Å². The van der Waals surface area contributed by atoms with E-state index in [0.29, 0.717) is 20.6 Å². The number of pyridine rings is 1. The standard InChI is InChI=1S/C20H19Cl2N7O4S4/c1-28-14(4-12(23)26-20(28)24)37-7-36-9-5-35-18-15(17(31)29(18)16(9)19(32)33)27-13(30)6-34-8-2-10(21)25-11(22)3-8/h2-4,15,18H,5-7H2,1H3,(H5,23,24,26,27,30,32,33)/p+1/t15-,18-/m1/s1. The Balaban J connectivity index is 1.37. The van der Waals surface area contributed by atoms with Crippen LogP contribution >= 0.6 is 70.2 Å². The number of hydrogen-bond donors (Lipinski definition) is 4. The summed E-state index contributed by atoms with van der Waals surface area (Å²) >= 11 is 17.1. The predicted octanol–water partition coefficient (Wildman–Crippen LogP) is 2.04. The molecule has 0 aliphatic carbocycles. The minimum Gasteiger partial charge on any atom is -0.477 e. The number of rotatable bonds is 9. The number of nitrogens with zero attached hydrogens (tertiary/aromatic N) is 4. The van der Waals surface area contributed by atoms with Crippen molar-refractivity contribution in [1.82, 2.24) is 20.2 Å². The van der Waals surface area contributed by atoms with Gasteiger partial charge in [-0.3, -0.25) is 20.2 Å². The number of halogens is 2. The van der Waals surface area contributed by atoms with Crippen LogP contribution in [0.1, 0.15) is 0 Å². The molecule has 2 aliphatic rings. The number of nitrogen functional groups attached to an aromatic ring is 2. The highest BCUT2D eigenvalue weighted by Crippen LogP contribution is 2.44. The molecule has 0 saturated carbocycles. The van der Waals surface area contributed by atoms with E-state index in [-0.39, 0.29) is 39.4 Å². The molecule has 2 aromatic rings. The van der Waals surface area contributed by atoms with Crippen LogP contribution in [0.15, 0.2) is 38.7 Å². The first kappa shape index (κ1) is 28.0. The van der Waals surface area contributed by atoms with Gasteiger partial charge < -0.3 is 16.2 Å². The van der Waals surface area contributed by atoms with E-state index < -0.39 is 23.3 Å². The van der Waals surface area contributed by atoms with Crippen LogP contribution < -0.4 is 21.4 Å². The number of thioether (sulfide) groups is 4. The molecule has 2 aromatic heterocycles. The molecule has 0 spiro atoms. The van der Waals surface area contributed by atoms with Crippen molar-refractivity contribution in [2.45, 2.75) is 21.3 Å². The molecule has 0 unspecified atom stereocenters. The lowest BCUT2D eigenvalue weighted by atomic mass is 10.1. The van der Waals surface area contributed by atoms with Gasteiger partial charge in [-0.15, -0.1) is 35.3 Å². The SMILES string of the molecule is C[n+]1c(SCSC2=C(C(=O)O)N3C(=O)[C@@H](NC(=O)CSc4cc(Cl)nc(Cl)c4)[C@H]3SC2)cc(N)nc1N. The van der Waals surface area contributed by atoms with E-state index in [1.165, 1.54) is 51.9 Å². The molecule has 11 nitrogen and oxygen atoms in total. The maximum absolute atomic E-state index is 12.9. The highest BCUT2D eigenvalue weighted by molar-refractivity contribution is 8.18. The number of carbonyl (C=O) groups is 3. The molecule has 0 radical (unpaired) electrons. The summed E-state index contributed by atoms with van der Waals surface area (Å²) in [6, 6.07) is 4.04. The average molecular weight is 622 g/mol. The van der Waals surface area contributed by atoms with Gasteiger partial charge in [-0.2, -0.15) is 0 Å². The topological polar surface area (TPSA) is 168 Å². The third-order valence-electron chi connectivity index (χ3n) is 5.19. The quantitative estimate of drug-likeness (QED) is 0.0805. The number of β-lactam (4-membered cyclic amide) rings is 1. The second-order valence-corrected chi connectivity index (χ2v) is 13.0. The van der Waals surface area contributed by atoms with Gasteiger partial charge in [0.1, 0.15) is 32.4 Å². The predicted molar refractivity (Wildman–Crippen MR) is 147 cm³/mol. The Bertz CT molecular complexity index is 1300. The van der Waals surface area contributed by atoms with Crippen molar-refractivity contribution in [1.29, 1.82) is 0 Å². The van der Waals surface area contributed by atoms with Gasteiger partial charge in [-0.1, -0.05) is 39.9 Å². The Morgan fingerprint density at radius 3 is 2.59 bits per heavy atom. The number of aromatic nitrogens is 3. The number of carboxylic acids is 1. The number of amides is 2. The summed E-state index contributed by atoms with van der Waals surface area (Å²) in [5.74, 6) is -1.05. The van der Waals surface area contributed by atoms with E-state index >= 15 is 0 Å². The van der Waals surface area contributed by atoms with Gasteiger partial charge in [-0.25, -0.2) is 14.3 Å². The molecule has 2 amide bonds. The number of fused-ring (bicyclic) bond motifs is 1. The summed E-state index contributed by atoms with van der Waals surface area (Å²) in [5.41, 5.74) is 11.5. The molecule has 4 rings (SSSR count). The van der Waals surface area contributed by atoms with Gasteiger partial charge in [0.05, 0.1) is 17.9 Å². The van der Waals surface area contributed by atoms with Crippen LogP contribution in [0.3, 0.4) is 0 Å². The first-order valence-corrected chi connectivity index (χ1v) is 15.1. The van der Waals surface area contributed by atoms with Crippen molar-refractivity contribution in [2.24, 2.45) is 7.05 Å². The Kier molecular flexibility index (Phi) is 8.91. The molecular weight excluding hydrogens is 601 g/mol. The Hall–Kier alpha value is -2.04. The normalized spacial score (nSPS) is 18.9. The van der Waals surface area contributed by atoms with Crippen LogP contribution in [0, 0.1) is 0 Å². The Labute approximate surface area is 238 Å². The second kappa shape index (κ2) is 11.8. The first-order valence-electron chi connectivity index (χ1n) is 10.4. The summed E-state index contributed by atoms with van der Waals surface area (Å²) in [4.78, 5) is 47.7. The van der Waals surface area contributed by atoms with E-state index in [1.54, 1.807) is 29.8 Å². The average Bonchev–Trinajstić information content (AvgIpc) is 2.83. The molecule has 37 heavy (non-hydrogen) atoms. The monoisotopic (exact) mass is 620 g/mol. The molecule has 0 bridgehead atoms. The van der Waals surface area contributed by atoms with Crippen LogP contribution in [0.25, 0.3) is 0 Å². The number of aliphatic carboxylic acids is 1. The molecule has 0 aromatic carbocycles. The molecule has 2 atom stereocenters. The number of carboxylic acid groups (broad SMARTS) is 1. The summed E-state index contributed by atoms with van der Waals surface area (Å²) < 4.78 is 1.68. The van der Waals surface area contributed by atoms with Gasteiger partial charge in [0.15, 0.2) is 0 Å². The van der Waals surface area contributed by atoms with Crippen LogP contribution in [0.5, 0.6) is 0 Å². The highest BCUT2D eigenvalue weighted by atomic mass is 35.5. The Morgan fingerprint density at radius 1 is 1.22 bits per heavy atom. The van der Waals surface area contributed by atoms with E-state index in [9.17, 15) is 19.5 Å².